The van der Waals surface area contributed by atoms with Crippen molar-refractivity contribution in [1.82, 2.24) is 15.6 Å². The number of ether oxygens (including phenoxy) is 1. The Morgan fingerprint density at radius 1 is 1.28 bits per heavy atom. The Bertz CT molecular complexity index is 804. The van der Waals surface area contributed by atoms with E-state index >= 15 is 0 Å². The van der Waals surface area contributed by atoms with Crippen LogP contribution in [0.4, 0.5) is 5.82 Å². The summed E-state index contributed by atoms with van der Waals surface area (Å²) in [4.78, 5) is 11.0. The van der Waals surface area contributed by atoms with E-state index < -0.39 is 0 Å². The SMILES string of the molecule is CCOCc1ccccc1CNC(=NC)NC1CCN(c2ncccc2Cl)C1.I. The van der Waals surface area contributed by atoms with Crippen molar-refractivity contribution in [2.24, 2.45) is 4.99 Å². The van der Waals surface area contributed by atoms with Crippen LogP contribution in [0.5, 0.6) is 0 Å². The van der Waals surface area contributed by atoms with Crippen LogP contribution in [0.25, 0.3) is 0 Å². The van der Waals surface area contributed by atoms with Gasteiger partial charge in [0.2, 0.25) is 0 Å². The van der Waals surface area contributed by atoms with Crippen molar-refractivity contribution in [3.63, 3.8) is 0 Å². The molecule has 1 fully saturated rings. The van der Waals surface area contributed by atoms with Crippen LogP contribution in [0.2, 0.25) is 5.02 Å². The van der Waals surface area contributed by atoms with Gasteiger partial charge in [-0.15, -0.1) is 24.0 Å². The smallest absolute Gasteiger partial charge is 0.191 e. The molecule has 1 aromatic heterocycles. The maximum Gasteiger partial charge on any atom is 0.191 e. The van der Waals surface area contributed by atoms with E-state index in [-0.39, 0.29) is 24.0 Å². The second-order valence-electron chi connectivity index (χ2n) is 6.72. The average molecular weight is 530 g/mol. The topological polar surface area (TPSA) is 61.8 Å². The molecule has 1 saturated heterocycles. The van der Waals surface area contributed by atoms with Crippen molar-refractivity contribution >= 4 is 47.4 Å². The summed E-state index contributed by atoms with van der Waals surface area (Å²) >= 11 is 6.28. The number of benzene rings is 1. The minimum absolute atomic E-state index is 0. The van der Waals surface area contributed by atoms with Gasteiger partial charge in [-0.1, -0.05) is 35.9 Å². The number of nitrogens with zero attached hydrogens (tertiary/aromatic N) is 3. The summed E-state index contributed by atoms with van der Waals surface area (Å²) in [7, 11) is 1.80. The highest BCUT2D eigenvalue weighted by atomic mass is 127. The molecule has 0 aliphatic carbocycles. The van der Waals surface area contributed by atoms with Crippen molar-refractivity contribution in [3.05, 3.63) is 58.7 Å². The lowest BCUT2D eigenvalue weighted by molar-refractivity contribution is 0.133. The Hall–Kier alpha value is -1.58. The van der Waals surface area contributed by atoms with Crippen LogP contribution in [0.15, 0.2) is 47.6 Å². The van der Waals surface area contributed by atoms with Gasteiger partial charge in [-0.3, -0.25) is 4.99 Å². The van der Waals surface area contributed by atoms with Crippen molar-refractivity contribution in [2.75, 3.05) is 31.6 Å². The number of aliphatic imine (C=N–C) groups is 1. The number of halogens is 2. The van der Waals surface area contributed by atoms with Crippen LogP contribution in [-0.4, -0.2) is 43.7 Å². The highest BCUT2D eigenvalue weighted by Crippen LogP contribution is 2.25. The van der Waals surface area contributed by atoms with E-state index in [1.807, 2.05) is 31.2 Å². The van der Waals surface area contributed by atoms with Gasteiger partial charge in [0.15, 0.2) is 5.96 Å². The average Bonchev–Trinajstić information content (AvgIpc) is 3.18. The number of hydrogen-bond acceptors (Lipinski definition) is 4. The van der Waals surface area contributed by atoms with Crippen molar-refractivity contribution in [3.8, 4) is 0 Å². The zero-order chi connectivity index (χ0) is 19.8. The first-order chi connectivity index (χ1) is 13.7. The van der Waals surface area contributed by atoms with E-state index in [2.05, 4.69) is 37.6 Å². The molecule has 0 amide bonds. The van der Waals surface area contributed by atoms with Gasteiger partial charge in [-0.05, 0) is 36.6 Å². The standard InChI is InChI=1S/C21H28ClN5O.HI/c1-3-28-15-17-8-5-4-7-16(17)13-25-21(23-2)26-18-10-12-27(14-18)20-19(22)9-6-11-24-20;/h4-9,11,18H,3,10,12-15H2,1-2H3,(H2,23,25,26);1H. The lowest BCUT2D eigenvalue weighted by Crippen LogP contribution is -2.44. The highest BCUT2D eigenvalue weighted by molar-refractivity contribution is 14.0. The molecular formula is C21H29ClIN5O. The predicted octanol–water partition coefficient (Wildman–Crippen LogP) is 3.83. The van der Waals surface area contributed by atoms with Gasteiger partial charge in [0, 0.05) is 45.5 Å². The molecule has 2 heterocycles. The first kappa shape index (κ1) is 23.7. The lowest BCUT2D eigenvalue weighted by atomic mass is 10.1. The molecule has 8 heteroatoms. The highest BCUT2D eigenvalue weighted by Gasteiger charge is 2.25. The number of anilines is 1. The first-order valence-corrected chi connectivity index (χ1v) is 10.1. The number of guanidine groups is 1. The largest absolute Gasteiger partial charge is 0.377 e. The zero-order valence-electron chi connectivity index (χ0n) is 16.9. The number of pyridine rings is 1. The van der Waals surface area contributed by atoms with Crippen LogP contribution in [0.3, 0.4) is 0 Å². The number of hydrogen-bond donors (Lipinski definition) is 2. The molecule has 1 unspecified atom stereocenters. The summed E-state index contributed by atoms with van der Waals surface area (Å²) in [5, 5.41) is 7.62. The van der Waals surface area contributed by atoms with Gasteiger partial charge in [0.05, 0.1) is 11.6 Å². The molecule has 1 atom stereocenters. The van der Waals surface area contributed by atoms with Gasteiger partial charge in [0.25, 0.3) is 0 Å². The Labute approximate surface area is 195 Å². The van der Waals surface area contributed by atoms with Crippen molar-refractivity contribution in [2.45, 2.75) is 32.5 Å². The normalized spacial score (nSPS) is 16.4. The molecule has 158 valence electrons. The summed E-state index contributed by atoms with van der Waals surface area (Å²) < 4.78 is 5.57. The molecule has 1 aromatic carbocycles. The van der Waals surface area contributed by atoms with Gasteiger partial charge in [0.1, 0.15) is 5.82 Å². The fourth-order valence-electron chi connectivity index (χ4n) is 3.33. The minimum atomic E-state index is 0. The fraction of sp³-hybridized carbons (Fsp3) is 0.429. The van der Waals surface area contributed by atoms with Crippen LogP contribution in [0, 0.1) is 0 Å². The van der Waals surface area contributed by atoms with E-state index in [1.54, 1.807) is 13.2 Å². The van der Waals surface area contributed by atoms with Gasteiger partial charge in [-0.2, -0.15) is 0 Å². The molecule has 6 nitrogen and oxygen atoms in total. The number of nitrogens with one attached hydrogen (secondary N) is 2. The zero-order valence-corrected chi connectivity index (χ0v) is 20.0. The molecule has 1 aliphatic rings. The third-order valence-electron chi connectivity index (χ3n) is 4.82. The maximum atomic E-state index is 6.28. The third-order valence-corrected chi connectivity index (χ3v) is 5.11. The molecule has 0 spiro atoms. The van der Waals surface area contributed by atoms with E-state index in [0.29, 0.717) is 30.8 Å². The molecule has 0 radical (unpaired) electrons. The van der Waals surface area contributed by atoms with E-state index in [4.69, 9.17) is 16.3 Å². The van der Waals surface area contributed by atoms with Gasteiger partial charge < -0.3 is 20.3 Å². The summed E-state index contributed by atoms with van der Waals surface area (Å²) in [6, 6.07) is 12.3. The molecule has 2 aromatic rings. The van der Waals surface area contributed by atoms with E-state index in [1.165, 1.54) is 11.1 Å². The Balaban J connectivity index is 0.00000300. The summed E-state index contributed by atoms with van der Waals surface area (Å²) in [6.45, 7) is 5.81. The summed E-state index contributed by atoms with van der Waals surface area (Å²) in [6.07, 6.45) is 2.79. The third kappa shape index (κ3) is 6.72. The molecule has 2 N–H and O–H groups in total. The molecule has 0 bridgehead atoms. The molecule has 3 rings (SSSR count). The second-order valence-corrected chi connectivity index (χ2v) is 7.12. The Kier molecular flexibility index (Phi) is 9.96. The molecule has 0 saturated carbocycles. The Morgan fingerprint density at radius 3 is 2.79 bits per heavy atom. The van der Waals surface area contributed by atoms with Crippen LogP contribution >= 0.6 is 35.6 Å². The molecule has 1 aliphatic heterocycles. The first-order valence-electron chi connectivity index (χ1n) is 9.68. The summed E-state index contributed by atoms with van der Waals surface area (Å²) in [5.41, 5.74) is 2.41. The van der Waals surface area contributed by atoms with Crippen LogP contribution < -0.4 is 15.5 Å². The van der Waals surface area contributed by atoms with Gasteiger partial charge >= 0.3 is 0 Å². The van der Waals surface area contributed by atoms with Gasteiger partial charge in [-0.25, -0.2) is 4.98 Å². The molecular weight excluding hydrogens is 501 g/mol. The second kappa shape index (κ2) is 12.2. The lowest BCUT2D eigenvalue weighted by Gasteiger charge is -2.20. The van der Waals surface area contributed by atoms with E-state index in [9.17, 15) is 0 Å². The van der Waals surface area contributed by atoms with E-state index in [0.717, 1.165) is 31.3 Å². The van der Waals surface area contributed by atoms with Crippen LogP contribution in [0.1, 0.15) is 24.5 Å². The van der Waals surface area contributed by atoms with Crippen molar-refractivity contribution in [1.29, 1.82) is 0 Å². The molecule has 29 heavy (non-hydrogen) atoms. The minimum Gasteiger partial charge on any atom is -0.377 e. The van der Waals surface area contributed by atoms with Crippen LogP contribution in [-0.2, 0) is 17.9 Å². The fourth-order valence-corrected chi connectivity index (χ4v) is 3.57. The summed E-state index contributed by atoms with van der Waals surface area (Å²) in [5.74, 6) is 1.64. The maximum absolute atomic E-state index is 6.28. The number of aromatic nitrogens is 1. The Morgan fingerprint density at radius 2 is 2.07 bits per heavy atom. The monoisotopic (exact) mass is 529 g/mol. The quantitative estimate of drug-likeness (QED) is 0.324. The van der Waals surface area contributed by atoms with Crippen molar-refractivity contribution < 1.29 is 4.74 Å². The number of rotatable bonds is 7. The predicted molar refractivity (Wildman–Crippen MR) is 130 cm³/mol.